The number of hydrogen-bond donors (Lipinski definition) is 1. The number of hydrogen-bond acceptors (Lipinski definition) is 6. The first-order valence-electron chi connectivity index (χ1n) is 12.7. The van der Waals surface area contributed by atoms with Crippen molar-refractivity contribution in [1.82, 2.24) is 14.8 Å². The van der Waals surface area contributed by atoms with E-state index in [2.05, 4.69) is 4.98 Å². The molecule has 2 amide bonds. The molecule has 0 saturated carbocycles. The fourth-order valence-electron chi connectivity index (χ4n) is 4.96. The summed E-state index contributed by atoms with van der Waals surface area (Å²) in [7, 11) is 0.524. The summed E-state index contributed by atoms with van der Waals surface area (Å²) in [6.07, 6.45) is 3.16. The van der Waals surface area contributed by atoms with E-state index in [1.54, 1.807) is 42.6 Å². The van der Waals surface area contributed by atoms with Gasteiger partial charge in [0.05, 0.1) is 23.0 Å². The highest BCUT2D eigenvalue weighted by atomic mass is 32.2. The molecular weight excluding hydrogens is 522 g/mol. The maximum Gasteiger partial charge on any atom is 0.266 e. The Hall–Kier alpha value is -4.63. The van der Waals surface area contributed by atoms with Crippen LogP contribution < -0.4 is 5.73 Å². The number of guanidine groups is 1. The first-order chi connectivity index (χ1) is 19.3. The zero-order chi connectivity index (χ0) is 28.3. The van der Waals surface area contributed by atoms with Crippen LogP contribution in [-0.4, -0.2) is 50.1 Å². The lowest BCUT2D eigenvalue weighted by molar-refractivity contribution is -0.130. The number of benzene rings is 3. The van der Waals surface area contributed by atoms with E-state index in [0.717, 1.165) is 5.56 Å². The first-order valence-corrected chi connectivity index (χ1v) is 14.3. The van der Waals surface area contributed by atoms with E-state index in [0.29, 0.717) is 33.8 Å². The molecule has 1 aromatic heterocycles. The van der Waals surface area contributed by atoms with Gasteiger partial charge in [-0.25, -0.2) is 4.99 Å². The summed E-state index contributed by atoms with van der Waals surface area (Å²) >= 11 is 0. The predicted octanol–water partition coefficient (Wildman–Crippen LogP) is 3.69. The summed E-state index contributed by atoms with van der Waals surface area (Å²) in [4.78, 5) is 40.2. The lowest BCUT2D eigenvalue weighted by atomic mass is 9.83. The van der Waals surface area contributed by atoms with Gasteiger partial charge in [-0.1, -0.05) is 78.9 Å². The van der Waals surface area contributed by atoms with Gasteiger partial charge in [-0.15, -0.1) is 0 Å². The number of nitrogens with two attached hydrogens (primary N) is 1. The molecule has 2 heterocycles. The summed E-state index contributed by atoms with van der Waals surface area (Å²) in [5.74, 6) is -0.433. The zero-order valence-corrected chi connectivity index (χ0v) is 23.0. The normalized spacial score (nSPS) is 15.0. The van der Waals surface area contributed by atoms with E-state index in [1.165, 1.54) is 4.90 Å². The SMILES string of the molecule is CN(Cc1ccccc1S(C)=O)C(=O)c1ccnc(CN2C(=O)C(c3ccccc3)(c3ccccc3)N=C2N)c1. The van der Waals surface area contributed by atoms with Gasteiger partial charge in [-0.3, -0.25) is 23.7 Å². The van der Waals surface area contributed by atoms with Crippen LogP contribution >= 0.6 is 0 Å². The molecule has 1 aliphatic heterocycles. The van der Waals surface area contributed by atoms with Crippen LogP contribution in [0.5, 0.6) is 0 Å². The van der Waals surface area contributed by atoms with E-state index in [-0.39, 0.29) is 24.3 Å². The number of aromatic nitrogens is 1. The minimum atomic E-state index is -1.31. The number of amides is 2. The highest BCUT2D eigenvalue weighted by Crippen LogP contribution is 2.39. The monoisotopic (exact) mass is 551 g/mol. The number of carbonyl (C=O) groups is 2. The molecule has 40 heavy (non-hydrogen) atoms. The van der Waals surface area contributed by atoms with Crippen LogP contribution in [0.4, 0.5) is 0 Å². The number of nitrogens with zero attached hydrogens (tertiary/aromatic N) is 4. The molecule has 1 atom stereocenters. The van der Waals surface area contributed by atoms with Gasteiger partial charge in [0.15, 0.2) is 11.5 Å². The van der Waals surface area contributed by atoms with Crippen molar-refractivity contribution in [1.29, 1.82) is 0 Å². The molecule has 0 radical (unpaired) electrons. The minimum Gasteiger partial charge on any atom is -0.369 e. The van der Waals surface area contributed by atoms with Gasteiger partial charge in [0.25, 0.3) is 11.8 Å². The summed E-state index contributed by atoms with van der Waals surface area (Å²) in [6.45, 7) is 0.352. The minimum absolute atomic E-state index is 0.0536. The van der Waals surface area contributed by atoms with Crippen LogP contribution in [0.1, 0.15) is 32.7 Å². The van der Waals surface area contributed by atoms with Crippen molar-refractivity contribution in [3.05, 3.63) is 131 Å². The largest absolute Gasteiger partial charge is 0.369 e. The van der Waals surface area contributed by atoms with E-state index < -0.39 is 16.3 Å². The second-order valence-electron chi connectivity index (χ2n) is 9.56. The smallest absolute Gasteiger partial charge is 0.266 e. The van der Waals surface area contributed by atoms with Gasteiger partial charge in [0.1, 0.15) is 0 Å². The van der Waals surface area contributed by atoms with Crippen LogP contribution in [0, 0.1) is 0 Å². The van der Waals surface area contributed by atoms with Crippen LogP contribution in [0.15, 0.2) is 113 Å². The van der Waals surface area contributed by atoms with Gasteiger partial charge < -0.3 is 10.6 Å². The van der Waals surface area contributed by atoms with Crippen LogP contribution in [0.3, 0.4) is 0 Å². The molecule has 1 unspecified atom stereocenters. The van der Waals surface area contributed by atoms with Gasteiger partial charge in [-0.2, -0.15) is 0 Å². The summed E-state index contributed by atoms with van der Waals surface area (Å²) in [5.41, 5.74) is 8.21. The Morgan fingerprint density at radius 2 is 1.55 bits per heavy atom. The van der Waals surface area contributed by atoms with Crippen molar-refractivity contribution in [3.8, 4) is 0 Å². The predicted molar refractivity (Wildman–Crippen MR) is 155 cm³/mol. The van der Waals surface area contributed by atoms with Crippen LogP contribution in [-0.2, 0) is 34.2 Å². The van der Waals surface area contributed by atoms with Crippen molar-refractivity contribution < 1.29 is 13.8 Å². The van der Waals surface area contributed by atoms with Crippen LogP contribution in [0.2, 0.25) is 0 Å². The van der Waals surface area contributed by atoms with Crippen molar-refractivity contribution in [2.24, 2.45) is 10.7 Å². The van der Waals surface area contributed by atoms with Crippen LogP contribution in [0.25, 0.3) is 0 Å². The third-order valence-corrected chi connectivity index (χ3v) is 7.93. The Morgan fingerprint density at radius 3 is 2.17 bits per heavy atom. The van der Waals surface area contributed by atoms with Crippen molar-refractivity contribution >= 4 is 28.6 Å². The zero-order valence-electron chi connectivity index (χ0n) is 22.2. The van der Waals surface area contributed by atoms with E-state index >= 15 is 0 Å². The molecule has 3 aromatic carbocycles. The second-order valence-corrected chi connectivity index (χ2v) is 10.9. The van der Waals surface area contributed by atoms with Crippen molar-refractivity contribution in [3.63, 3.8) is 0 Å². The van der Waals surface area contributed by atoms with Gasteiger partial charge in [0.2, 0.25) is 0 Å². The number of carbonyl (C=O) groups excluding carboxylic acids is 2. The maximum atomic E-state index is 14.1. The molecule has 2 N–H and O–H groups in total. The molecular formula is C31H29N5O3S. The Balaban J connectivity index is 1.40. The fourth-order valence-corrected chi connectivity index (χ4v) is 5.73. The van der Waals surface area contributed by atoms with E-state index in [1.807, 2.05) is 78.9 Å². The highest BCUT2D eigenvalue weighted by molar-refractivity contribution is 7.84. The molecule has 8 nitrogen and oxygen atoms in total. The molecule has 1 aliphatic rings. The average molecular weight is 552 g/mol. The lowest BCUT2D eigenvalue weighted by Gasteiger charge is -2.27. The fraction of sp³-hybridized carbons (Fsp3) is 0.161. The molecule has 4 aromatic rings. The number of aliphatic imine (C=N–C) groups is 1. The third kappa shape index (κ3) is 5.03. The number of rotatable bonds is 8. The van der Waals surface area contributed by atoms with Gasteiger partial charge in [0, 0.05) is 36.5 Å². The Bertz CT molecular complexity index is 1570. The summed E-state index contributed by atoms with van der Waals surface area (Å²) in [6, 6.07) is 29.4. The number of pyridine rings is 1. The standard InChI is InChI=1S/C31H29N5O3S/c1-35(20-23-11-9-10-16-27(23)40(2)39)28(37)22-17-18-33-26(19-22)21-36-29(38)31(34-30(36)32,24-12-5-3-6-13-24)25-14-7-4-8-15-25/h3-19H,20-21H2,1-2H3,(H2,32,34). The molecule has 202 valence electrons. The molecule has 0 fully saturated rings. The summed E-state index contributed by atoms with van der Waals surface area (Å²) < 4.78 is 12.1. The van der Waals surface area contributed by atoms with Gasteiger partial charge in [-0.05, 0) is 34.9 Å². The second kappa shape index (κ2) is 11.2. The molecule has 0 saturated heterocycles. The Morgan fingerprint density at radius 1 is 0.950 bits per heavy atom. The third-order valence-electron chi connectivity index (χ3n) is 6.92. The highest BCUT2D eigenvalue weighted by Gasteiger charge is 2.50. The van der Waals surface area contributed by atoms with E-state index in [9.17, 15) is 13.8 Å². The molecule has 5 rings (SSSR count). The molecule has 0 aliphatic carbocycles. The lowest BCUT2D eigenvalue weighted by Crippen LogP contribution is -2.43. The Kier molecular flexibility index (Phi) is 7.57. The van der Waals surface area contributed by atoms with Gasteiger partial charge >= 0.3 is 0 Å². The average Bonchev–Trinajstić information content (AvgIpc) is 3.23. The Labute approximate surface area is 235 Å². The maximum absolute atomic E-state index is 14.1. The first kappa shape index (κ1) is 27.0. The molecule has 0 bridgehead atoms. The quantitative estimate of drug-likeness (QED) is 0.359. The van der Waals surface area contributed by atoms with E-state index in [4.69, 9.17) is 10.7 Å². The summed E-state index contributed by atoms with van der Waals surface area (Å²) in [5, 5.41) is 0. The molecule has 0 spiro atoms. The molecule has 9 heteroatoms. The van der Waals surface area contributed by atoms with Crippen molar-refractivity contribution in [2.75, 3.05) is 13.3 Å². The van der Waals surface area contributed by atoms with Crippen molar-refractivity contribution in [2.45, 2.75) is 23.5 Å². The topological polar surface area (TPSA) is 109 Å².